The lowest BCUT2D eigenvalue weighted by Gasteiger charge is -2.24. The Morgan fingerprint density at radius 3 is 2.70 bits per heavy atom. The van der Waals surface area contributed by atoms with Crippen LogP contribution in [0.25, 0.3) is 16.5 Å². The first-order valence-electron chi connectivity index (χ1n) is 11.7. The minimum absolute atomic E-state index is 0.0706. The number of hydrogen-bond donors (Lipinski definition) is 2. The number of ether oxygens (including phenoxy) is 1. The summed E-state index contributed by atoms with van der Waals surface area (Å²) in [7, 11) is 0. The van der Waals surface area contributed by atoms with Crippen molar-refractivity contribution in [2.24, 2.45) is 0 Å². The maximum Gasteiger partial charge on any atom is 0.414 e. The minimum atomic E-state index is -2.94. The first-order valence-corrected chi connectivity index (χ1v) is 11.7. The quantitative estimate of drug-likeness (QED) is 0.471. The summed E-state index contributed by atoms with van der Waals surface area (Å²) < 4.78 is 47.2. The van der Waals surface area contributed by atoms with Gasteiger partial charge in [0.1, 0.15) is 23.2 Å². The number of nitrogens with one attached hydrogen (secondary N) is 1. The number of carboxylic acid groups (broad SMARTS) is 1. The number of carbonyl (C=O) groups is 2. The van der Waals surface area contributed by atoms with Gasteiger partial charge in [0.15, 0.2) is 0 Å². The molecule has 0 saturated carbocycles. The Labute approximate surface area is 209 Å². The van der Waals surface area contributed by atoms with E-state index in [1.165, 1.54) is 12.1 Å². The summed E-state index contributed by atoms with van der Waals surface area (Å²) in [5.41, 5.74) is 2.12. The third-order valence-corrected chi connectivity index (χ3v) is 6.60. The third-order valence-electron chi connectivity index (χ3n) is 6.60. The van der Waals surface area contributed by atoms with E-state index in [-0.39, 0.29) is 18.5 Å². The van der Waals surface area contributed by atoms with Crippen molar-refractivity contribution in [2.45, 2.75) is 39.2 Å². The number of rotatable bonds is 5. The number of amides is 2. The summed E-state index contributed by atoms with van der Waals surface area (Å²) >= 11 is 0. The first kappa shape index (κ1) is 24.5. The zero-order chi connectivity index (χ0) is 26.4. The average Bonchev–Trinajstić information content (AvgIpc) is 3.33. The molecule has 2 aliphatic rings. The number of alkyl halides is 2. The normalized spacial score (nSPS) is 16.0. The van der Waals surface area contributed by atoms with E-state index in [2.05, 4.69) is 15.3 Å². The van der Waals surface area contributed by atoms with Gasteiger partial charge in [-0.1, -0.05) is 24.3 Å². The number of nitrogens with zero attached hydrogens (tertiary/aromatic N) is 3. The molecule has 0 fully saturated rings. The molecule has 2 N–H and O–H groups in total. The van der Waals surface area contributed by atoms with Gasteiger partial charge >= 0.3 is 6.09 Å². The van der Waals surface area contributed by atoms with Crippen molar-refractivity contribution in [1.29, 1.82) is 0 Å². The Balaban J connectivity index is 1.60. The monoisotopic (exact) mass is 512 g/mol. The number of fused-ring (bicyclic) bond motifs is 3. The highest BCUT2D eigenvalue weighted by atomic mass is 19.3. The highest BCUT2D eigenvalue weighted by Crippen LogP contribution is 2.42. The van der Waals surface area contributed by atoms with Crippen molar-refractivity contribution in [3.63, 3.8) is 0 Å². The fourth-order valence-corrected chi connectivity index (χ4v) is 4.81. The van der Waals surface area contributed by atoms with E-state index < -0.39 is 35.8 Å². The van der Waals surface area contributed by atoms with E-state index in [0.29, 0.717) is 52.5 Å². The number of halogens is 3. The van der Waals surface area contributed by atoms with Crippen molar-refractivity contribution in [3.8, 4) is 5.75 Å². The lowest BCUT2D eigenvalue weighted by Crippen LogP contribution is -2.38. The van der Waals surface area contributed by atoms with E-state index in [0.717, 1.165) is 16.5 Å². The number of imide groups is 1. The van der Waals surface area contributed by atoms with Crippen LogP contribution in [0.5, 0.6) is 5.75 Å². The first-order chi connectivity index (χ1) is 17.7. The van der Waals surface area contributed by atoms with Crippen molar-refractivity contribution in [1.82, 2.24) is 14.9 Å². The summed E-state index contributed by atoms with van der Waals surface area (Å²) in [6.45, 7) is 3.70. The molecule has 1 aromatic heterocycles. The van der Waals surface area contributed by atoms with Crippen molar-refractivity contribution >= 4 is 34.3 Å². The van der Waals surface area contributed by atoms with Crippen LogP contribution in [0.2, 0.25) is 0 Å². The number of anilines is 1. The van der Waals surface area contributed by atoms with Gasteiger partial charge in [-0.15, -0.1) is 0 Å². The molecule has 1 atom stereocenters. The summed E-state index contributed by atoms with van der Waals surface area (Å²) in [5, 5.41) is 13.0. The highest BCUT2D eigenvalue weighted by Gasteiger charge is 2.30. The lowest BCUT2D eigenvalue weighted by atomic mass is 9.93. The Bertz CT molecular complexity index is 1470. The van der Waals surface area contributed by atoms with Crippen molar-refractivity contribution in [3.05, 3.63) is 64.2 Å². The maximum atomic E-state index is 14.8. The molecule has 11 heteroatoms. The largest absolute Gasteiger partial charge is 0.492 e. The molecule has 0 radical (unpaired) electrons. The zero-order valence-corrected chi connectivity index (χ0v) is 20.0. The van der Waals surface area contributed by atoms with E-state index >= 15 is 0 Å². The van der Waals surface area contributed by atoms with E-state index in [9.17, 15) is 27.9 Å². The number of carbonyl (C=O) groups excluding carboxylic acids is 1. The second-order valence-electron chi connectivity index (χ2n) is 8.96. The number of benzene rings is 2. The van der Waals surface area contributed by atoms with Crippen LogP contribution in [-0.4, -0.2) is 45.1 Å². The molecule has 0 saturated heterocycles. The van der Waals surface area contributed by atoms with E-state index in [1.807, 2.05) is 0 Å². The molecule has 0 bridgehead atoms. The van der Waals surface area contributed by atoms with Gasteiger partial charge in [0.2, 0.25) is 5.91 Å². The van der Waals surface area contributed by atoms with Crippen LogP contribution in [0.4, 0.5) is 23.8 Å². The molecule has 2 aliphatic heterocycles. The summed E-state index contributed by atoms with van der Waals surface area (Å²) in [6, 6.07) is 4.95. The molecular formula is C26H23F3N4O4. The molecule has 5 rings (SSSR count). The van der Waals surface area contributed by atoms with Gasteiger partial charge in [-0.05, 0) is 25.5 Å². The van der Waals surface area contributed by atoms with Crippen molar-refractivity contribution < 1.29 is 32.6 Å². The standard InChI is InChI=1S/C26H23F3N4O4/c1-12(15-4-3-5-16(21(15)27)24(28)29)30-25-19-11-18(14-6-8-33(26(35)36)20(34)10-14)23-17(7-9-37-23)22(19)31-13(2)32-25/h3-6,11-12,24H,7-10H2,1-2H3,(H,35,36)(H,30,31,32). The smallest absolute Gasteiger partial charge is 0.414 e. The van der Waals surface area contributed by atoms with Crippen LogP contribution in [0, 0.1) is 12.7 Å². The minimum Gasteiger partial charge on any atom is -0.492 e. The fraction of sp³-hybridized carbons (Fsp3) is 0.308. The highest BCUT2D eigenvalue weighted by molar-refractivity contribution is 6.02. The van der Waals surface area contributed by atoms with Crippen LogP contribution >= 0.6 is 0 Å². The van der Waals surface area contributed by atoms with Gasteiger partial charge in [0, 0.05) is 28.5 Å². The van der Waals surface area contributed by atoms with Crippen LogP contribution in [-0.2, 0) is 11.2 Å². The Kier molecular flexibility index (Phi) is 6.22. The van der Waals surface area contributed by atoms with Crippen LogP contribution in [0.3, 0.4) is 0 Å². The van der Waals surface area contributed by atoms with E-state index in [4.69, 9.17) is 4.74 Å². The molecule has 2 aromatic carbocycles. The number of aryl methyl sites for hydroxylation is 1. The van der Waals surface area contributed by atoms with Crippen molar-refractivity contribution in [2.75, 3.05) is 18.5 Å². The number of hydrogen-bond acceptors (Lipinski definition) is 6. The van der Waals surface area contributed by atoms with Gasteiger partial charge in [0.25, 0.3) is 6.43 Å². The van der Waals surface area contributed by atoms with E-state index in [1.54, 1.807) is 26.0 Å². The van der Waals surface area contributed by atoms with Crippen LogP contribution in [0.15, 0.2) is 30.3 Å². The molecule has 37 heavy (non-hydrogen) atoms. The molecular weight excluding hydrogens is 489 g/mol. The second kappa shape index (κ2) is 9.38. The molecule has 1 unspecified atom stereocenters. The maximum absolute atomic E-state index is 14.8. The average molecular weight is 512 g/mol. The van der Waals surface area contributed by atoms with Crippen LogP contribution < -0.4 is 10.1 Å². The molecule has 8 nitrogen and oxygen atoms in total. The number of aromatic nitrogens is 2. The third kappa shape index (κ3) is 4.34. The molecule has 0 aliphatic carbocycles. The summed E-state index contributed by atoms with van der Waals surface area (Å²) in [5.74, 6) is -0.101. The molecule has 192 valence electrons. The van der Waals surface area contributed by atoms with Gasteiger partial charge in [-0.3, -0.25) is 4.79 Å². The predicted octanol–water partition coefficient (Wildman–Crippen LogP) is 5.42. The topological polar surface area (TPSA) is 105 Å². The molecule has 0 spiro atoms. The summed E-state index contributed by atoms with van der Waals surface area (Å²) in [4.78, 5) is 33.6. The Morgan fingerprint density at radius 1 is 1.24 bits per heavy atom. The SMILES string of the molecule is Cc1nc(NC(C)c2cccc(C(F)F)c2F)c2cc(C3=CCN(C(=O)O)C(=O)C3)c3c(c2n1)CCO3. The molecule has 3 heterocycles. The second-order valence-corrected chi connectivity index (χ2v) is 8.96. The van der Waals surface area contributed by atoms with Gasteiger partial charge in [-0.2, -0.15) is 0 Å². The summed E-state index contributed by atoms with van der Waals surface area (Å²) in [6.07, 6.45) is -2.13. The zero-order valence-electron chi connectivity index (χ0n) is 20.0. The van der Waals surface area contributed by atoms with Gasteiger partial charge < -0.3 is 15.2 Å². The molecule has 2 amide bonds. The molecule has 3 aromatic rings. The van der Waals surface area contributed by atoms with Gasteiger partial charge in [-0.25, -0.2) is 32.8 Å². The fourth-order valence-electron chi connectivity index (χ4n) is 4.81. The Morgan fingerprint density at radius 2 is 2.00 bits per heavy atom. The Hall–Kier alpha value is -4.15. The van der Waals surface area contributed by atoms with Gasteiger partial charge in [0.05, 0.1) is 36.7 Å². The predicted molar refractivity (Wildman–Crippen MR) is 129 cm³/mol. The lowest BCUT2D eigenvalue weighted by molar-refractivity contribution is -0.127. The van der Waals surface area contributed by atoms with Crippen LogP contribution in [0.1, 0.15) is 53.9 Å².